The molecule has 6 heteroatoms. The van der Waals surface area contributed by atoms with Crippen LogP contribution in [0.15, 0.2) is 91.0 Å². The third kappa shape index (κ3) is 4.26. The van der Waals surface area contributed by atoms with Gasteiger partial charge in [-0.1, -0.05) is 41.9 Å². The average molecular weight is 469 g/mol. The third-order valence-corrected chi connectivity index (χ3v) is 5.99. The Bertz CT molecular complexity index is 1400. The van der Waals surface area contributed by atoms with Gasteiger partial charge in [-0.3, -0.25) is 9.59 Å². The molecule has 4 aromatic rings. The van der Waals surface area contributed by atoms with Gasteiger partial charge in [0.1, 0.15) is 5.75 Å². The van der Waals surface area contributed by atoms with Crippen molar-refractivity contribution in [2.75, 3.05) is 10.2 Å². The Labute approximate surface area is 202 Å². The fourth-order valence-electron chi connectivity index (χ4n) is 3.97. The van der Waals surface area contributed by atoms with Gasteiger partial charge in [0.05, 0.1) is 12.2 Å². The van der Waals surface area contributed by atoms with E-state index in [2.05, 4.69) is 5.32 Å². The first-order chi connectivity index (χ1) is 16.5. The number of amides is 2. The Morgan fingerprint density at radius 3 is 2.41 bits per heavy atom. The molecule has 0 atom stereocenters. The second-order valence-electron chi connectivity index (χ2n) is 8.06. The number of rotatable bonds is 3. The number of para-hydroxylation sites is 2. The molecule has 5 rings (SSSR count). The number of nitrogens with one attached hydrogen (secondary N) is 1. The molecule has 0 aromatic heterocycles. The summed E-state index contributed by atoms with van der Waals surface area (Å²) in [5.74, 6) is 0.894. The number of carbonyl (C=O) groups excluding carboxylic acids is 2. The fraction of sp³-hybridized carbons (Fsp3) is 0.0714. The Hall–Kier alpha value is -4.09. The van der Waals surface area contributed by atoms with Crippen molar-refractivity contribution < 1.29 is 14.3 Å². The van der Waals surface area contributed by atoms with Gasteiger partial charge in [-0.05, 0) is 73.2 Å². The Balaban J connectivity index is 1.41. The molecule has 1 N–H and O–H groups in total. The molecule has 4 aromatic carbocycles. The van der Waals surface area contributed by atoms with Crippen molar-refractivity contribution in [1.29, 1.82) is 0 Å². The number of carbonyl (C=O) groups is 2. The highest BCUT2D eigenvalue weighted by molar-refractivity contribution is 6.30. The summed E-state index contributed by atoms with van der Waals surface area (Å²) >= 11 is 6.20. The van der Waals surface area contributed by atoms with Gasteiger partial charge in [-0.2, -0.15) is 0 Å². The molecule has 1 aliphatic heterocycles. The second kappa shape index (κ2) is 9.04. The van der Waals surface area contributed by atoms with Gasteiger partial charge < -0.3 is 15.0 Å². The zero-order valence-electron chi connectivity index (χ0n) is 18.4. The third-order valence-electron chi connectivity index (χ3n) is 5.75. The lowest BCUT2D eigenvalue weighted by Gasteiger charge is -2.22. The van der Waals surface area contributed by atoms with Crippen LogP contribution in [0.3, 0.4) is 0 Å². The first-order valence-electron chi connectivity index (χ1n) is 10.8. The van der Waals surface area contributed by atoms with Crippen molar-refractivity contribution in [2.45, 2.75) is 13.5 Å². The summed E-state index contributed by atoms with van der Waals surface area (Å²) in [7, 11) is 0. The van der Waals surface area contributed by atoms with Crippen molar-refractivity contribution in [3.05, 3.63) is 118 Å². The molecule has 2 amide bonds. The highest BCUT2D eigenvalue weighted by Gasteiger charge is 2.26. The molecule has 1 aliphatic rings. The number of ether oxygens (including phenoxy) is 1. The number of fused-ring (bicyclic) bond motifs is 2. The van der Waals surface area contributed by atoms with Gasteiger partial charge in [-0.15, -0.1) is 0 Å². The van der Waals surface area contributed by atoms with Crippen LogP contribution >= 0.6 is 11.6 Å². The van der Waals surface area contributed by atoms with Crippen molar-refractivity contribution in [1.82, 2.24) is 0 Å². The molecule has 5 nitrogen and oxygen atoms in total. The second-order valence-corrected chi connectivity index (χ2v) is 8.50. The highest BCUT2D eigenvalue weighted by Crippen LogP contribution is 2.40. The number of hydrogen-bond acceptors (Lipinski definition) is 3. The summed E-state index contributed by atoms with van der Waals surface area (Å²) < 4.78 is 6.09. The van der Waals surface area contributed by atoms with Crippen molar-refractivity contribution >= 4 is 34.8 Å². The van der Waals surface area contributed by atoms with E-state index in [1.807, 2.05) is 61.5 Å². The van der Waals surface area contributed by atoms with Crippen molar-refractivity contribution in [2.24, 2.45) is 0 Å². The van der Waals surface area contributed by atoms with E-state index in [-0.39, 0.29) is 11.8 Å². The minimum Gasteiger partial charge on any atom is -0.455 e. The van der Waals surface area contributed by atoms with Gasteiger partial charge in [0.2, 0.25) is 0 Å². The van der Waals surface area contributed by atoms with Gasteiger partial charge in [0, 0.05) is 27.4 Å². The monoisotopic (exact) mass is 468 g/mol. The zero-order chi connectivity index (χ0) is 23.7. The first-order valence-corrected chi connectivity index (χ1v) is 11.2. The van der Waals surface area contributed by atoms with Crippen LogP contribution in [0.25, 0.3) is 0 Å². The van der Waals surface area contributed by atoms with Gasteiger partial charge in [0.15, 0.2) is 5.75 Å². The van der Waals surface area contributed by atoms with Crippen molar-refractivity contribution in [3.63, 3.8) is 0 Å². The summed E-state index contributed by atoms with van der Waals surface area (Å²) in [6.07, 6.45) is 0. The molecule has 1 heterocycles. The zero-order valence-corrected chi connectivity index (χ0v) is 19.2. The van der Waals surface area contributed by atoms with E-state index in [4.69, 9.17) is 16.3 Å². The van der Waals surface area contributed by atoms with Crippen LogP contribution in [0, 0.1) is 6.92 Å². The largest absolute Gasteiger partial charge is 0.455 e. The Morgan fingerprint density at radius 2 is 1.62 bits per heavy atom. The minimum atomic E-state index is -0.191. The SMILES string of the molecule is Cc1ccccc1C(=O)Nc1ccc(C(=O)N2Cc3cc(Cl)ccc3Oc3ccccc32)cc1. The van der Waals surface area contributed by atoms with E-state index in [1.165, 1.54) is 0 Å². The molecule has 0 radical (unpaired) electrons. The van der Waals surface area contributed by atoms with E-state index >= 15 is 0 Å². The molecule has 0 saturated heterocycles. The molecular formula is C28H21ClN2O3. The number of halogens is 1. The van der Waals surface area contributed by atoms with Gasteiger partial charge in [-0.25, -0.2) is 0 Å². The summed E-state index contributed by atoms with van der Waals surface area (Å²) in [4.78, 5) is 27.8. The lowest BCUT2D eigenvalue weighted by atomic mass is 10.1. The molecular weight excluding hydrogens is 448 g/mol. The summed E-state index contributed by atoms with van der Waals surface area (Å²) in [5.41, 5.74) is 4.11. The molecule has 0 unspecified atom stereocenters. The maximum absolute atomic E-state index is 13.6. The maximum Gasteiger partial charge on any atom is 0.258 e. The van der Waals surface area contributed by atoms with E-state index in [1.54, 1.807) is 41.3 Å². The topological polar surface area (TPSA) is 58.6 Å². The quantitative estimate of drug-likeness (QED) is 0.357. The van der Waals surface area contributed by atoms with E-state index < -0.39 is 0 Å². The molecule has 0 aliphatic carbocycles. The van der Waals surface area contributed by atoms with Crippen LogP contribution in [-0.4, -0.2) is 11.8 Å². The van der Waals surface area contributed by atoms with Crippen LogP contribution < -0.4 is 15.0 Å². The predicted molar refractivity (Wildman–Crippen MR) is 134 cm³/mol. The number of nitrogens with zero attached hydrogens (tertiary/aromatic N) is 1. The summed E-state index contributed by atoms with van der Waals surface area (Å²) in [6, 6.07) is 27.1. The number of benzene rings is 4. The Kier molecular flexibility index (Phi) is 5.78. The van der Waals surface area contributed by atoms with Crippen LogP contribution in [0.5, 0.6) is 11.5 Å². The smallest absolute Gasteiger partial charge is 0.258 e. The number of hydrogen-bond donors (Lipinski definition) is 1. The lowest BCUT2D eigenvalue weighted by Crippen LogP contribution is -2.29. The van der Waals surface area contributed by atoms with Gasteiger partial charge in [0.25, 0.3) is 11.8 Å². The first kappa shape index (κ1) is 21.7. The highest BCUT2D eigenvalue weighted by atomic mass is 35.5. The van der Waals surface area contributed by atoms with Crippen molar-refractivity contribution in [3.8, 4) is 11.5 Å². The molecule has 0 saturated carbocycles. The van der Waals surface area contributed by atoms with Crippen LogP contribution in [0.2, 0.25) is 5.02 Å². The van der Waals surface area contributed by atoms with E-state index in [0.29, 0.717) is 45.6 Å². The predicted octanol–water partition coefficient (Wildman–Crippen LogP) is 6.85. The molecule has 0 spiro atoms. The van der Waals surface area contributed by atoms with E-state index in [0.717, 1.165) is 11.1 Å². The van der Waals surface area contributed by atoms with Crippen LogP contribution in [-0.2, 0) is 6.54 Å². The number of aryl methyl sites for hydroxylation is 1. The van der Waals surface area contributed by atoms with Crippen LogP contribution in [0.1, 0.15) is 31.8 Å². The normalized spacial score (nSPS) is 12.1. The molecule has 0 bridgehead atoms. The summed E-state index contributed by atoms with van der Waals surface area (Å²) in [6.45, 7) is 2.21. The average Bonchev–Trinajstić information content (AvgIpc) is 3.01. The summed E-state index contributed by atoms with van der Waals surface area (Å²) in [5, 5.41) is 3.47. The molecule has 168 valence electrons. The molecule has 0 fully saturated rings. The lowest BCUT2D eigenvalue weighted by molar-refractivity contribution is 0.0984. The maximum atomic E-state index is 13.6. The molecule has 34 heavy (non-hydrogen) atoms. The fourth-order valence-corrected chi connectivity index (χ4v) is 4.17. The van der Waals surface area contributed by atoms with Crippen LogP contribution in [0.4, 0.5) is 11.4 Å². The Morgan fingerprint density at radius 1 is 0.882 bits per heavy atom. The van der Waals surface area contributed by atoms with Gasteiger partial charge >= 0.3 is 0 Å². The van der Waals surface area contributed by atoms with E-state index in [9.17, 15) is 9.59 Å². The minimum absolute atomic E-state index is 0.180. The standard InChI is InChI=1S/C28H21ClN2O3/c1-18-6-2-3-7-23(18)27(32)30-22-13-10-19(11-14-22)28(33)31-17-20-16-21(29)12-15-25(20)34-26-9-5-4-8-24(26)31/h2-16H,17H2,1H3,(H,30,32). The number of anilines is 2.